The average Bonchev–Trinajstić information content (AvgIpc) is 2.63. The fourth-order valence-corrected chi connectivity index (χ4v) is 1.79. The van der Waals surface area contributed by atoms with Gasteiger partial charge in [-0.1, -0.05) is 11.6 Å². The first kappa shape index (κ1) is 14.0. The highest BCUT2D eigenvalue weighted by Crippen LogP contribution is 2.14. The fourth-order valence-electron chi connectivity index (χ4n) is 1.54. The normalized spacial score (nSPS) is 10.6. The number of methoxy groups -OCH3 is 1. The van der Waals surface area contributed by atoms with Gasteiger partial charge in [0, 0.05) is 33.4 Å². The van der Waals surface area contributed by atoms with E-state index in [-0.39, 0.29) is 19.1 Å². The number of ether oxygens (including phenoxy) is 1. The van der Waals surface area contributed by atoms with Crippen molar-refractivity contribution in [1.82, 2.24) is 9.47 Å². The molecule has 0 saturated carbocycles. The average molecular weight is 261 g/mol. The fraction of sp³-hybridized carbons (Fsp3) is 0.545. The first-order valence-corrected chi connectivity index (χ1v) is 5.69. The van der Waals surface area contributed by atoms with Crippen LogP contribution in [-0.2, 0) is 11.8 Å². The van der Waals surface area contributed by atoms with Crippen molar-refractivity contribution in [3.63, 3.8) is 0 Å². The molecule has 0 bridgehead atoms. The van der Waals surface area contributed by atoms with Crippen LogP contribution in [0.1, 0.15) is 10.5 Å². The van der Waals surface area contributed by atoms with Crippen molar-refractivity contribution in [1.29, 1.82) is 0 Å². The van der Waals surface area contributed by atoms with E-state index in [0.29, 0.717) is 23.9 Å². The molecule has 0 aliphatic carbocycles. The van der Waals surface area contributed by atoms with Gasteiger partial charge in [0.25, 0.3) is 5.91 Å². The third-order valence-corrected chi connectivity index (χ3v) is 2.62. The van der Waals surface area contributed by atoms with Crippen LogP contribution in [0.2, 0.25) is 5.02 Å². The first-order valence-electron chi connectivity index (χ1n) is 5.31. The van der Waals surface area contributed by atoms with Crippen LogP contribution in [0.15, 0.2) is 12.3 Å². The Labute approximate surface area is 106 Å². The van der Waals surface area contributed by atoms with Crippen LogP contribution < -0.4 is 0 Å². The van der Waals surface area contributed by atoms with Gasteiger partial charge in [0.05, 0.1) is 18.2 Å². The summed E-state index contributed by atoms with van der Waals surface area (Å²) in [7, 11) is 3.33. The van der Waals surface area contributed by atoms with E-state index in [4.69, 9.17) is 21.4 Å². The molecule has 1 aromatic heterocycles. The van der Waals surface area contributed by atoms with Gasteiger partial charge in [-0.15, -0.1) is 0 Å². The monoisotopic (exact) mass is 260 g/mol. The second-order valence-electron chi connectivity index (χ2n) is 3.66. The molecule has 0 fully saturated rings. The van der Waals surface area contributed by atoms with Crippen molar-refractivity contribution in [2.45, 2.75) is 0 Å². The molecule has 0 aliphatic heterocycles. The van der Waals surface area contributed by atoms with Gasteiger partial charge in [-0.3, -0.25) is 4.79 Å². The number of carbonyl (C=O) groups is 1. The maximum Gasteiger partial charge on any atom is 0.270 e. The zero-order chi connectivity index (χ0) is 12.8. The molecule has 0 unspecified atom stereocenters. The number of carbonyl (C=O) groups excluding carboxylic acids is 1. The summed E-state index contributed by atoms with van der Waals surface area (Å²) >= 11 is 5.83. The highest BCUT2D eigenvalue weighted by atomic mass is 35.5. The van der Waals surface area contributed by atoms with E-state index in [0.717, 1.165) is 0 Å². The summed E-state index contributed by atoms with van der Waals surface area (Å²) in [6.07, 6.45) is 1.67. The molecule has 0 spiro atoms. The molecule has 1 amide bonds. The number of aliphatic hydroxyl groups is 1. The van der Waals surface area contributed by atoms with Gasteiger partial charge in [0.2, 0.25) is 0 Å². The summed E-state index contributed by atoms with van der Waals surface area (Å²) in [5.74, 6) is -0.162. The summed E-state index contributed by atoms with van der Waals surface area (Å²) in [5.41, 5.74) is 0.500. The number of hydrogen-bond donors (Lipinski definition) is 1. The number of nitrogens with zero attached hydrogens (tertiary/aromatic N) is 2. The maximum atomic E-state index is 12.2. The smallest absolute Gasteiger partial charge is 0.270 e. The lowest BCUT2D eigenvalue weighted by Crippen LogP contribution is -2.37. The van der Waals surface area contributed by atoms with Gasteiger partial charge in [-0.05, 0) is 6.07 Å². The first-order chi connectivity index (χ1) is 8.10. The van der Waals surface area contributed by atoms with Crippen molar-refractivity contribution >= 4 is 17.5 Å². The molecular formula is C11H17ClN2O3. The van der Waals surface area contributed by atoms with Crippen LogP contribution in [0.3, 0.4) is 0 Å². The second-order valence-corrected chi connectivity index (χ2v) is 4.10. The van der Waals surface area contributed by atoms with Gasteiger partial charge < -0.3 is 19.3 Å². The minimum absolute atomic E-state index is 0.0758. The van der Waals surface area contributed by atoms with E-state index in [1.54, 1.807) is 31.0 Å². The zero-order valence-electron chi connectivity index (χ0n) is 10.0. The van der Waals surface area contributed by atoms with Crippen molar-refractivity contribution < 1.29 is 14.6 Å². The van der Waals surface area contributed by atoms with Crippen LogP contribution >= 0.6 is 11.6 Å². The molecule has 6 heteroatoms. The largest absolute Gasteiger partial charge is 0.395 e. The number of halogens is 1. The van der Waals surface area contributed by atoms with Crippen LogP contribution in [0.4, 0.5) is 0 Å². The second kappa shape index (κ2) is 6.64. The predicted molar refractivity (Wildman–Crippen MR) is 65.3 cm³/mol. The minimum atomic E-state index is -0.162. The van der Waals surface area contributed by atoms with E-state index in [9.17, 15) is 4.79 Å². The van der Waals surface area contributed by atoms with Crippen LogP contribution in [0, 0.1) is 0 Å². The van der Waals surface area contributed by atoms with Crippen molar-refractivity contribution in [3.8, 4) is 0 Å². The molecule has 5 nitrogen and oxygen atoms in total. The number of aliphatic hydroxyl groups excluding tert-OH is 1. The molecule has 17 heavy (non-hydrogen) atoms. The predicted octanol–water partition coefficient (Wildman–Crippen LogP) is 0.759. The van der Waals surface area contributed by atoms with E-state index in [1.807, 2.05) is 0 Å². The number of aryl methyl sites for hydroxylation is 1. The molecular weight excluding hydrogens is 244 g/mol. The van der Waals surface area contributed by atoms with Gasteiger partial charge in [0.15, 0.2) is 0 Å². The lowest BCUT2D eigenvalue weighted by atomic mass is 10.3. The van der Waals surface area contributed by atoms with Crippen LogP contribution in [0.5, 0.6) is 0 Å². The number of rotatable bonds is 6. The molecule has 0 atom stereocenters. The molecule has 0 aromatic carbocycles. The molecule has 1 aromatic rings. The van der Waals surface area contributed by atoms with Crippen molar-refractivity contribution in [3.05, 3.63) is 23.0 Å². The highest BCUT2D eigenvalue weighted by molar-refractivity contribution is 6.31. The third-order valence-electron chi connectivity index (χ3n) is 2.41. The molecule has 1 rings (SSSR count). The van der Waals surface area contributed by atoms with E-state index in [1.165, 1.54) is 4.90 Å². The lowest BCUT2D eigenvalue weighted by molar-refractivity contribution is 0.0647. The van der Waals surface area contributed by atoms with Crippen LogP contribution in [-0.4, -0.2) is 53.9 Å². The summed E-state index contributed by atoms with van der Waals surface area (Å²) in [4.78, 5) is 13.7. The number of amides is 1. The third kappa shape index (κ3) is 3.73. The van der Waals surface area contributed by atoms with E-state index < -0.39 is 0 Å². The van der Waals surface area contributed by atoms with Gasteiger partial charge in [-0.25, -0.2) is 0 Å². The summed E-state index contributed by atoms with van der Waals surface area (Å²) in [5, 5.41) is 9.46. The molecule has 1 N–H and O–H groups in total. The Balaban J connectivity index is 2.79. The molecule has 1 heterocycles. The minimum Gasteiger partial charge on any atom is -0.395 e. The molecule has 0 saturated heterocycles. The Bertz CT molecular complexity index is 379. The topological polar surface area (TPSA) is 54.7 Å². The Morgan fingerprint density at radius 1 is 1.59 bits per heavy atom. The standard InChI is InChI=1S/C11H17ClN2O3/c1-13-8-9(12)7-10(13)11(16)14(3-5-15)4-6-17-2/h7-8,15H,3-6H2,1-2H3. The van der Waals surface area contributed by atoms with Gasteiger partial charge in [0.1, 0.15) is 5.69 Å². The Hall–Kier alpha value is -1.04. The maximum absolute atomic E-state index is 12.2. The zero-order valence-corrected chi connectivity index (χ0v) is 10.8. The van der Waals surface area contributed by atoms with Crippen molar-refractivity contribution in [2.75, 3.05) is 33.4 Å². The molecule has 96 valence electrons. The Morgan fingerprint density at radius 2 is 2.29 bits per heavy atom. The quantitative estimate of drug-likeness (QED) is 0.822. The SMILES string of the molecule is COCCN(CCO)C(=O)c1cc(Cl)cn1C. The number of hydrogen-bond acceptors (Lipinski definition) is 3. The van der Waals surface area contributed by atoms with Crippen molar-refractivity contribution in [2.24, 2.45) is 7.05 Å². The Kier molecular flexibility index (Phi) is 5.47. The summed E-state index contributed by atoms with van der Waals surface area (Å²) in [6, 6.07) is 1.61. The lowest BCUT2D eigenvalue weighted by Gasteiger charge is -2.21. The van der Waals surface area contributed by atoms with Gasteiger partial charge in [-0.2, -0.15) is 0 Å². The summed E-state index contributed by atoms with van der Waals surface area (Å²) in [6.45, 7) is 1.08. The number of aromatic nitrogens is 1. The van der Waals surface area contributed by atoms with Crippen LogP contribution in [0.25, 0.3) is 0 Å². The summed E-state index contributed by atoms with van der Waals surface area (Å²) < 4.78 is 6.60. The van der Waals surface area contributed by atoms with E-state index >= 15 is 0 Å². The Morgan fingerprint density at radius 3 is 2.76 bits per heavy atom. The molecule has 0 aliphatic rings. The van der Waals surface area contributed by atoms with Gasteiger partial charge >= 0.3 is 0 Å². The molecule has 0 radical (unpaired) electrons. The highest BCUT2D eigenvalue weighted by Gasteiger charge is 2.18. The van der Waals surface area contributed by atoms with E-state index in [2.05, 4.69) is 0 Å².